The Bertz CT molecular complexity index is 2570. The number of thiophene rings is 1. The van der Waals surface area contributed by atoms with E-state index in [2.05, 4.69) is 120 Å². The summed E-state index contributed by atoms with van der Waals surface area (Å²) in [5, 5.41) is 8.76. The van der Waals surface area contributed by atoms with E-state index >= 15 is 0 Å². The second-order valence-corrected chi connectivity index (χ2v) is 12.7. The molecule has 0 unspecified atom stereocenters. The van der Waals surface area contributed by atoms with Crippen LogP contribution in [0.1, 0.15) is 0 Å². The molecule has 0 spiro atoms. The lowest BCUT2D eigenvalue weighted by Crippen LogP contribution is -2.05. The fraction of sp³-hybridized carbons (Fsp3) is 0. The molecule has 4 heterocycles. The zero-order valence-electron chi connectivity index (χ0n) is 21.6. The summed E-state index contributed by atoms with van der Waals surface area (Å²) >= 11 is 3.67. The van der Waals surface area contributed by atoms with Gasteiger partial charge in [0, 0.05) is 47.0 Å². The fourth-order valence-corrected chi connectivity index (χ4v) is 9.01. The van der Waals surface area contributed by atoms with Crippen LogP contribution in [-0.2, 0) is 0 Å². The Morgan fingerprint density at radius 2 is 1.37 bits per heavy atom. The molecule has 3 nitrogen and oxygen atoms in total. The van der Waals surface area contributed by atoms with Crippen LogP contribution in [0.25, 0.3) is 80.9 Å². The van der Waals surface area contributed by atoms with Gasteiger partial charge in [0.1, 0.15) is 0 Å². The lowest BCUT2D eigenvalue weighted by Gasteiger charge is -2.20. The molecule has 0 bridgehead atoms. The van der Waals surface area contributed by atoms with Gasteiger partial charge in [0.2, 0.25) is 5.95 Å². The molecule has 0 atom stereocenters. The molecule has 9 aromatic rings. The lowest BCUT2D eigenvalue weighted by molar-refractivity contribution is 1.01. The van der Waals surface area contributed by atoms with Gasteiger partial charge >= 0.3 is 0 Å². The number of hydrogen-bond acceptors (Lipinski definition) is 4. The summed E-state index contributed by atoms with van der Waals surface area (Å²) in [6.07, 6.45) is 0. The number of fused-ring (bicyclic) bond motifs is 11. The van der Waals surface area contributed by atoms with Crippen LogP contribution in [0.15, 0.2) is 125 Å². The van der Waals surface area contributed by atoms with Crippen LogP contribution < -0.4 is 0 Å². The second kappa shape index (κ2) is 7.94. The van der Waals surface area contributed by atoms with E-state index in [9.17, 15) is 0 Å². The summed E-state index contributed by atoms with van der Waals surface area (Å²) in [4.78, 5) is 13.1. The minimum absolute atomic E-state index is 0.715. The number of hydrogen-bond donors (Lipinski definition) is 0. The standard InChI is InChI=1S/C36H19N3S2/c1-2-9-21-20(8-1)16-19-30-31(21)25-18-17-23-22-10-3-5-13-27(22)39(34(23)35(25)41-30)36-37-26-12-7-15-29-32(26)33(38-36)24-11-4-6-14-28(24)40-29/h1-19H. The van der Waals surface area contributed by atoms with Crippen molar-refractivity contribution in [3.8, 4) is 17.2 Å². The SMILES string of the molecule is c1ccc2c(c1)Sc1cccc3nc(-n4c5ccccc5c5ccc6c(sc7ccc8ccccc8c76)c54)nc-2c13. The first-order valence-electron chi connectivity index (χ1n) is 13.7. The minimum atomic E-state index is 0.715. The predicted molar refractivity (Wildman–Crippen MR) is 174 cm³/mol. The topological polar surface area (TPSA) is 30.7 Å². The van der Waals surface area contributed by atoms with Crippen LogP contribution in [0, 0.1) is 0 Å². The zero-order chi connectivity index (χ0) is 26.7. The zero-order valence-corrected chi connectivity index (χ0v) is 23.3. The van der Waals surface area contributed by atoms with Gasteiger partial charge in [-0.3, -0.25) is 4.57 Å². The molecule has 5 heteroatoms. The summed E-state index contributed by atoms with van der Waals surface area (Å²) in [5.74, 6) is 0.715. The first-order valence-corrected chi connectivity index (χ1v) is 15.3. The van der Waals surface area contributed by atoms with Crippen molar-refractivity contribution in [1.82, 2.24) is 14.5 Å². The third-order valence-corrected chi connectivity index (χ3v) is 10.7. The molecule has 6 aromatic carbocycles. The molecule has 41 heavy (non-hydrogen) atoms. The quantitative estimate of drug-likeness (QED) is 0.201. The Morgan fingerprint density at radius 1 is 0.561 bits per heavy atom. The summed E-state index contributed by atoms with van der Waals surface area (Å²) in [6.45, 7) is 0. The van der Waals surface area contributed by atoms with Crippen LogP contribution in [0.5, 0.6) is 0 Å². The normalized spacial score (nSPS) is 12.8. The Balaban J connectivity index is 1.39. The first-order chi connectivity index (χ1) is 20.3. The highest BCUT2D eigenvalue weighted by molar-refractivity contribution is 7.99. The third kappa shape index (κ3) is 2.89. The van der Waals surface area contributed by atoms with E-state index in [0.717, 1.165) is 22.1 Å². The van der Waals surface area contributed by atoms with Crippen molar-refractivity contribution >= 4 is 86.8 Å². The number of nitrogens with zero attached hydrogens (tertiary/aromatic N) is 3. The van der Waals surface area contributed by atoms with Gasteiger partial charge in [0.15, 0.2) is 0 Å². The van der Waals surface area contributed by atoms with Crippen molar-refractivity contribution in [3.63, 3.8) is 0 Å². The van der Waals surface area contributed by atoms with Gasteiger partial charge in [-0.25, -0.2) is 9.97 Å². The summed E-state index contributed by atoms with van der Waals surface area (Å²) < 4.78 is 4.87. The summed E-state index contributed by atoms with van der Waals surface area (Å²) in [7, 11) is 0. The molecule has 0 amide bonds. The number of aromatic nitrogens is 3. The van der Waals surface area contributed by atoms with Gasteiger partial charge in [-0.2, -0.15) is 0 Å². The van der Waals surface area contributed by atoms with Gasteiger partial charge in [0.25, 0.3) is 0 Å². The molecule has 1 aliphatic rings. The Hall–Kier alpha value is -4.71. The Morgan fingerprint density at radius 3 is 2.34 bits per heavy atom. The highest BCUT2D eigenvalue weighted by Gasteiger charge is 2.25. The number of para-hydroxylation sites is 1. The maximum atomic E-state index is 5.37. The molecule has 190 valence electrons. The average Bonchev–Trinajstić information content (AvgIpc) is 3.57. The van der Waals surface area contributed by atoms with E-state index in [1.54, 1.807) is 11.8 Å². The maximum absolute atomic E-state index is 5.37. The Labute approximate surface area is 242 Å². The van der Waals surface area contributed by atoms with Crippen molar-refractivity contribution < 1.29 is 0 Å². The van der Waals surface area contributed by atoms with Crippen LogP contribution >= 0.6 is 23.1 Å². The van der Waals surface area contributed by atoms with Crippen molar-refractivity contribution in [2.45, 2.75) is 9.79 Å². The summed E-state index contributed by atoms with van der Waals surface area (Å²) in [6, 6.07) is 41.5. The van der Waals surface area contributed by atoms with Gasteiger partial charge < -0.3 is 0 Å². The van der Waals surface area contributed by atoms with Gasteiger partial charge in [-0.05, 0) is 41.1 Å². The first kappa shape index (κ1) is 22.0. The molecular formula is C36H19N3S2. The lowest BCUT2D eigenvalue weighted by atomic mass is 10.0. The number of rotatable bonds is 1. The van der Waals surface area contributed by atoms with Crippen LogP contribution in [0.3, 0.4) is 0 Å². The van der Waals surface area contributed by atoms with E-state index in [0.29, 0.717) is 5.95 Å². The predicted octanol–water partition coefficient (Wildman–Crippen LogP) is 10.4. The minimum Gasteiger partial charge on any atom is -0.276 e. The molecule has 3 aromatic heterocycles. The van der Waals surface area contributed by atoms with E-state index in [1.807, 2.05) is 11.3 Å². The van der Waals surface area contributed by atoms with Crippen molar-refractivity contribution in [2.24, 2.45) is 0 Å². The van der Waals surface area contributed by atoms with E-state index in [-0.39, 0.29) is 0 Å². The highest BCUT2D eigenvalue weighted by Crippen LogP contribution is 2.48. The van der Waals surface area contributed by atoms with Crippen LogP contribution in [0.2, 0.25) is 0 Å². The molecule has 0 saturated carbocycles. The average molecular weight is 558 g/mol. The van der Waals surface area contributed by atoms with Gasteiger partial charge in [-0.15, -0.1) is 11.3 Å². The number of benzene rings is 6. The molecule has 0 aliphatic carbocycles. The van der Waals surface area contributed by atoms with E-state index in [4.69, 9.17) is 9.97 Å². The second-order valence-electron chi connectivity index (χ2n) is 10.6. The largest absolute Gasteiger partial charge is 0.276 e. The van der Waals surface area contributed by atoms with Crippen molar-refractivity contribution in [1.29, 1.82) is 0 Å². The maximum Gasteiger partial charge on any atom is 0.235 e. The fourth-order valence-electron chi connectivity index (χ4n) is 6.65. The highest BCUT2D eigenvalue weighted by atomic mass is 32.2. The molecule has 0 radical (unpaired) electrons. The summed E-state index contributed by atoms with van der Waals surface area (Å²) in [5.41, 5.74) is 5.46. The molecule has 1 aliphatic heterocycles. The molecule has 0 N–H and O–H groups in total. The van der Waals surface area contributed by atoms with Gasteiger partial charge in [-0.1, -0.05) is 96.7 Å². The van der Waals surface area contributed by atoms with E-state index < -0.39 is 0 Å². The monoisotopic (exact) mass is 557 g/mol. The van der Waals surface area contributed by atoms with Gasteiger partial charge in [0.05, 0.1) is 26.9 Å². The molecule has 0 saturated heterocycles. The third-order valence-electron chi connectivity index (χ3n) is 8.40. The van der Waals surface area contributed by atoms with Crippen molar-refractivity contribution in [3.05, 3.63) is 115 Å². The smallest absolute Gasteiger partial charge is 0.235 e. The Kier molecular flexibility index (Phi) is 4.27. The van der Waals surface area contributed by atoms with Crippen LogP contribution in [0.4, 0.5) is 0 Å². The molecule has 0 fully saturated rings. The van der Waals surface area contributed by atoms with Crippen LogP contribution in [-0.4, -0.2) is 14.5 Å². The molecular weight excluding hydrogens is 539 g/mol. The molecule has 10 rings (SSSR count). The van der Waals surface area contributed by atoms with E-state index in [1.165, 1.54) is 62.6 Å². The van der Waals surface area contributed by atoms with Crippen molar-refractivity contribution in [2.75, 3.05) is 0 Å².